The monoisotopic (exact) mass is 344 g/mol. The van der Waals surface area contributed by atoms with Gasteiger partial charge in [0, 0.05) is 5.02 Å². The van der Waals surface area contributed by atoms with Crippen molar-refractivity contribution >= 4 is 38.9 Å². The van der Waals surface area contributed by atoms with Gasteiger partial charge in [-0.25, -0.2) is 8.42 Å². The van der Waals surface area contributed by atoms with Crippen LogP contribution in [-0.4, -0.2) is 15.0 Å². The molecule has 3 N–H and O–H groups in total. The second-order valence-electron chi connectivity index (χ2n) is 4.41. The smallest absolute Gasteiger partial charge is 0.261 e. The average molecular weight is 345 g/mol. The maximum Gasteiger partial charge on any atom is 0.261 e. The molecule has 0 saturated carbocycles. The average Bonchev–Trinajstić information content (AvgIpc) is 2.43. The van der Waals surface area contributed by atoms with Crippen LogP contribution in [0.5, 0.6) is 0 Å². The molecule has 0 atom stereocenters. The highest BCUT2D eigenvalue weighted by Crippen LogP contribution is 2.27. The van der Waals surface area contributed by atoms with Gasteiger partial charge >= 0.3 is 0 Å². The lowest BCUT2D eigenvalue weighted by Crippen LogP contribution is -2.13. The molecule has 0 radical (unpaired) electrons. The molecule has 0 aliphatic carbocycles. The van der Waals surface area contributed by atoms with Gasteiger partial charge in [-0.15, -0.1) is 0 Å². The highest BCUT2D eigenvalue weighted by molar-refractivity contribution is 7.92. The molecule has 0 heterocycles. The summed E-state index contributed by atoms with van der Waals surface area (Å²) in [6, 6.07) is 11.1. The molecule has 0 amide bonds. The van der Waals surface area contributed by atoms with Gasteiger partial charge in [0.25, 0.3) is 10.0 Å². The van der Waals surface area contributed by atoms with Gasteiger partial charge in [0.2, 0.25) is 0 Å². The van der Waals surface area contributed by atoms with Crippen LogP contribution in [0.2, 0.25) is 10.0 Å². The lowest BCUT2D eigenvalue weighted by molar-refractivity contribution is 0.601. The van der Waals surface area contributed by atoms with Crippen LogP contribution in [0.15, 0.2) is 47.4 Å². The predicted molar refractivity (Wildman–Crippen MR) is 86.5 cm³/mol. The zero-order valence-corrected chi connectivity index (χ0v) is 13.3. The molecule has 0 aliphatic rings. The highest BCUT2D eigenvalue weighted by atomic mass is 35.5. The SMILES string of the molecule is NCCc1ccc(S(=O)(=O)Nc2ccc(Cl)cc2Cl)cc1. The summed E-state index contributed by atoms with van der Waals surface area (Å²) in [7, 11) is -3.69. The number of halogens is 2. The first-order chi connectivity index (χ1) is 9.92. The first-order valence-corrected chi connectivity index (χ1v) is 8.43. The Morgan fingerprint density at radius 3 is 2.29 bits per heavy atom. The fourth-order valence-corrected chi connectivity index (χ4v) is 3.37. The van der Waals surface area contributed by atoms with Crippen LogP contribution in [0.25, 0.3) is 0 Å². The summed E-state index contributed by atoms with van der Waals surface area (Å²) < 4.78 is 27.0. The van der Waals surface area contributed by atoms with Crippen LogP contribution in [0.3, 0.4) is 0 Å². The topological polar surface area (TPSA) is 72.2 Å². The van der Waals surface area contributed by atoms with Crippen molar-refractivity contribution in [2.45, 2.75) is 11.3 Å². The van der Waals surface area contributed by atoms with Gasteiger partial charge in [-0.05, 0) is 48.9 Å². The normalized spacial score (nSPS) is 11.4. The third-order valence-corrected chi connectivity index (χ3v) is 4.77. The summed E-state index contributed by atoms with van der Waals surface area (Å²) in [5, 5.41) is 0.680. The molecule has 7 heteroatoms. The van der Waals surface area contributed by atoms with E-state index in [1.54, 1.807) is 18.2 Å². The molecule has 0 fully saturated rings. The lowest BCUT2D eigenvalue weighted by atomic mass is 10.2. The zero-order chi connectivity index (χ0) is 15.5. The Labute approximate surface area is 133 Å². The molecule has 0 bridgehead atoms. The van der Waals surface area contributed by atoms with E-state index in [9.17, 15) is 8.42 Å². The number of nitrogens with two attached hydrogens (primary N) is 1. The van der Waals surface area contributed by atoms with Crippen LogP contribution in [0, 0.1) is 0 Å². The number of sulfonamides is 1. The van der Waals surface area contributed by atoms with Crippen LogP contribution >= 0.6 is 23.2 Å². The van der Waals surface area contributed by atoms with Crippen molar-refractivity contribution in [1.29, 1.82) is 0 Å². The van der Waals surface area contributed by atoms with Crippen molar-refractivity contribution in [3.05, 3.63) is 58.1 Å². The van der Waals surface area contributed by atoms with E-state index in [0.29, 0.717) is 18.0 Å². The molecule has 0 saturated heterocycles. The Hall–Kier alpha value is -1.27. The summed E-state index contributed by atoms with van der Waals surface area (Å²) in [4.78, 5) is 0.161. The predicted octanol–water partition coefficient (Wildman–Crippen LogP) is 3.30. The van der Waals surface area contributed by atoms with Gasteiger partial charge in [-0.3, -0.25) is 4.72 Å². The summed E-state index contributed by atoms with van der Waals surface area (Å²) in [5.74, 6) is 0. The maximum atomic E-state index is 12.3. The number of hydrogen-bond acceptors (Lipinski definition) is 3. The molecule has 0 unspecified atom stereocenters. The van der Waals surface area contributed by atoms with Gasteiger partial charge in [-0.2, -0.15) is 0 Å². The molecule has 0 aliphatic heterocycles. The summed E-state index contributed by atoms with van der Waals surface area (Å²) >= 11 is 11.7. The van der Waals surface area contributed by atoms with Gasteiger partial charge in [0.1, 0.15) is 0 Å². The Morgan fingerprint density at radius 2 is 1.71 bits per heavy atom. The fourth-order valence-electron chi connectivity index (χ4n) is 1.78. The minimum absolute atomic E-state index is 0.161. The van der Waals surface area contributed by atoms with Crippen molar-refractivity contribution < 1.29 is 8.42 Å². The number of rotatable bonds is 5. The molecule has 2 rings (SSSR count). The minimum atomic E-state index is -3.69. The van der Waals surface area contributed by atoms with E-state index >= 15 is 0 Å². The van der Waals surface area contributed by atoms with E-state index in [1.165, 1.54) is 24.3 Å². The van der Waals surface area contributed by atoms with Crippen LogP contribution in [0.4, 0.5) is 5.69 Å². The first kappa shape index (κ1) is 16.1. The molecule has 112 valence electrons. The standard InChI is InChI=1S/C14H14Cl2N2O2S/c15-11-3-6-14(13(16)9-11)18-21(19,20)12-4-1-10(2-5-12)7-8-17/h1-6,9,18H,7-8,17H2. The summed E-state index contributed by atoms with van der Waals surface area (Å²) in [5.41, 5.74) is 6.73. The van der Waals surface area contributed by atoms with Crippen molar-refractivity contribution in [2.75, 3.05) is 11.3 Å². The lowest BCUT2D eigenvalue weighted by Gasteiger charge is -2.10. The summed E-state index contributed by atoms with van der Waals surface area (Å²) in [6.07, 6.45) is 0.705. The second kappa shape index (κ2) is 6.66. The fraction of sp³-hybridized carbons (Fsp3) is 0.143. The Balaban J connectivity index is 2.25. The van der Waals surface area contributed by atoms with Gasteiger partial charge < -0.3 is 5.73 Å². The largest absolute Gasteiger partial charge is 0.330 e. The number of nitrogens with one attached hydrogen (secondary N) is 1. The number of hydrogen-bond donors (Lipinski definition) is 2. The van der Waals surface area contributed by atoms with E-state index in [0.717, 1.165) is 5.56 Å². The quantitative estimate of drug-likeness (QED) is 0.873. The molecular weight excluding hydrogens is 331 g/mol. The molecular formula is C14H14Cl2N2O2S. The Bertz CT molecular complexity index is 731. The molecule has 2 aromatic carbocycles. The molecule has 0 spiro atoms. The molecule has 2 aromatic rings. The van der Waals surface area contributed by atoms with Crippen molar-refractivity contribution in [1.82, 2.24) is 0 Å². The zero-order valence-electron chi connectivity index (χ0n) is 11.0. The number of anilines is 1. The van der Waals surface area contributed by atoms with E-state index < -0.39 is 10.0 Å². The highest BCUT2D eigenvalue weighted by Gasteiger charge is 2.15. The third kappa shape index (κ3) is 4.11. The van der Waals surface area contributed by atoms with Gasteiger partial charge in [-0.1, -0.05) is 35.3 Å². The molecule has 21 heavy (non-hydrogen) atoms. The van der Waals surface area contributed by atoms with E-state index in [4.69, 9.17) is 28.9 Å². The Morgan fingerprint density at radius 1 is 1.05 bits per heavy atom. The number of benzene rings is 2. The molecule has 4 nitrogen and oxygen atoms in total. The van der Waals surface area contributed by atoms with Gasteiger partial charge in [0.15, 0.2) is 0 Å². The first-order valence-electron chi connectivity index (χ1n) is 6.19. The van der Waals surface area contributed by atoms with Crippen LogP contribution in [0.1, 0.15) is 5.56 Å². The van der Waals surface area contributed by atoms with Crippen LogP contribution in [-0.2, 0) is 16.4 Å². The third-order valence-electron chi connectivity index (χ3n) is 2.84. The van der Waals surface area contributed by atoms with Crippen molar-refractivity contribution in [3.63, 3.8) is 0 Å². The second-order valence-corrected chi connectivity index (χ2v) is 6.94. The van der Waals surface area contributed by atoms with E-state index in [2.05, 4.69) is 4.72 Å². The maximum absolute atomic E-state index is 12.3. The minimum Gasteiger partial charge on any atom is -0.330 e. The van der Waals surface area contributed by atoms with Crippen molar-refractivity contribution in [2.24, 2.45) is 5.73 Å². The molecule has 0 aromatic heterocycles. The van der Waals surface area contributed by atoms with E-state index in [-0.39, 0.29) is 15.6 Å². The van der Waals surface area contributed by atoms with Crippen LogP contribution < -0.4 is 10.5 Å². The van der Waals surface area contributed by atoms with Gasteiger partial charge in [0.05, 0.1) is 15.6 Å². The Kier molecular flexibility index (Phi) is 5.11. The van der Waals surface area contributed by atoms with E-state index in [1.807, 2.05) is 0 Å². The van der Waals surface area contributed by atoms with Crippen molar-refractivity contribution in [3.8, 4) is 0 Å². The summed E-state index contributed by atoms with van der Waals surface area (Å²) in [6.45, 7) is 0.519.